The summed E-state index contributed by atoms with van der Waals surface area (Å²) in [4.78, 5) is 16.1. The maximum atomic E-state index is 12.0. The highest BCUT2D eigenvalue weighted by molar-refractivity contribution is 6.01. The molecule has 0 radical (unpaired) electrons. The molecule has 114 valence electrons. The lowest BCUT2D eigenvalue weighted by molar-refractivity contribution is -0.111. The fraction of sp³-hybridized carbons (Fsp3) is 0.222. The molecule has 4 heteroatoms. The van der Waals surface area contributed by atoms with E-state index < -0.39 is 0 Å². The Kier molecular flexibility index (Phi) is 4.94. The van der Waals surface area contributed by atoms with Gasteiger partial charge in [0.25, 0.3) is 0 Å². The van der Waals surface area contributed by atoms with E-state index in [0.29, 0.717) is 5.82 Å². The van der Waals surface area contributed by atoms with Crippen molar-refractivity contribution in [1.82, 2.24) is 4.98 Å². The number of anilines is 1. The highest BCUT2D eigenvalue weighted by atomic mass is 16.5. The fourth-order valence-corrected chi connectivity index (χ4v) is 2.18. The van der Waals surface area contributed by atoms with Crippen molar-refractivity contribution >= 4 is 17.8 Å². The van der Waals surface area contributed by atoms with Crippen LogP contribution in [0.4, 0.5) is 5.82 Å². The Morgan fingerprint density at radius 1 is 1.18 bits per heavy atom. The Labute approximate surface area is 130 Å². The molecule has 1 N–H and O–H groups in total. The van der Waals surface area contributed by atoms with Crippen LogP contribution in [0, 0.1) is 20.8 Å². The minimum absolute atomic E-state index is 0.203. The molecule has 0 atom stereocenters. The first-order chi connectivity index (χ1) is 10.5. The number of benzene rings is 1. The maximum absolute atomic E-state index is 12.0. The number of amides is 1. The quantitative estimate of drug-likeness (QED) is 0.876. The van der Waals surface area contributed by atoms with Gasteiger partial charge in [-0.3, -0.25) is 4.79 Å². The lowest BCUT2D eigenvalue weighted by Crippen LogP contribution is -2.09. The third-order valence-corrected chi connectivity index (χ3v) is 3.37. The Morgan fingerprint density at radius 3 is 2.41 bits per heavy atom. The van der Waals surface area contributed by atoms with Gasteiger partial charge in [0.1, 0.15) is 11.6 Å². The monoisotopic (exact) mass is 296 g/mol. The first-order valence-corrected chi connectivity index (χ1v) is 7.06. The Hall–Kier alpha value is -2.62. The van der Waals surface area contributed by atoms with Crippen LogP contribution >= 0.6 is 0 Å². The number of methoxy groups -OCH3 is 1. The number of carbonyl (C=O) groups excluding carboxylic acids is 1. The minimum atomic E-state index is -0.203. The topological polar surface area (TPSA) is 51.2 Å². The number of nitrogens with one attached hydrogen (secondary N) is 1. The van der Waals surface area contributed by atoms with Gasteiger partial charge < -0.3 is 10.1 Å². The van der Waals surface area contributed by atoms with Gasteiger partial charge >= 0.3 is 0 Å². The van der Waals surface area contributed by atoms with Crippen LogP contribution in [0.15, 0.2) is 36.5 Å². The summed E-state index contributed by atoms with van der Waals surface area (Å²) >= 11 is 0. The molecule has 4 nitrogen and oxygen atoms in total. The zero-order valence-electron chi connectivity index (χ0n) is 13.3. The van der Waals surface area contributed by atoms with Crippen LogP contribution in [0.1, 0.15) is 22.3 Å². The van der Waals surface area contributed by atoms with Crippen molar-refractivity contribution in [2.45, 2.75) is 20.8 Å². The molecule has 1 heterocycles. The average molecular weight is 296 g/mol. The van der Waals surface area contributed by atoms with E-state index in [4.69, 9.17) is 4.74 Å². The number of hydrogen-bond donors (Lipinski definition) is 1. The largest absolute Gasteiger partial charge is 0.497 e. The molecule has 1 amide bonds. The second-order valence-corrected chi connectivity index (χ2v) is 5.22. The highest BCUT2D eigenvalue weighted by Crippen LogP contribution is 2.22. The van der Waals surface area contributed by atoms with E-state index in [1.54, 1.807) is 19.4 Å². The molecule has 0 aliphatic heterocycles. The van der Waals surface area contributed by atoms with E-state index in [0.717, 1.165) is 28.0 Å². The van der Waals surface area contributed by atoms with Gasteiger partial charge in [-0.1, -0.05) is 6.07 Å². The van der Waals surface area contributed by atoms with E-state index in [2.05, 4.69) is 10.3 Å². The molecule has 0 aliphatic carbocycles. The fourth-order valence-electron chi connectivity index (χ4n) is 2.18. The molecular weight excluding hydrogens is 276 g/mol. The van der Waals surface area contributed by atoms with Crippen LogP contribution in [0.5, 0.6) is 5.75 Å². The summed E-state index contributed by atoms with van der Waals surface area (Å²) in [5.74, 6) is 1.16. The number of rotatable bonds is 4. The standard InChI is InChI=1S/C18H20N2O2/c1-12-5-7-17(19-11-12)20-18(21)8-6-16-13(2)9-15(22-4)10-14(16)3/h5-11H,1-4H3,(H,19,20,21)/b8-6+. The SMILES string of the molecule is COc1cc(C)c(/C=C/C(=O)Nc2ccc(C)cn2)c(C)c1. The molecule has 0 bridgehead atoms. The molecular formula is C18H20N2O2. The summed E-state index contributed by atoms with van der Waals surface area (Å²) in [6.07, 6.45) is 5.05. The van der Waals surface area contributed by atoms with Crippen molar-refractivity contribution in [2.24, 2.45) is 0 Å². The Balaban J connectivity index is 2.11. The number of carbonyl (C=O) groups is 1. The average Bonchev–Trinajstić information content (AvgIpc) is 2.48. The summed E-state index contributed by atoms with van der Waals surface area (Å²) in [7, 11) is 1.64. The molecule has 0 unspecified atom stereocenters. The van der Waals surface area contributed by atoms with Crippen molar-refractivity contribution in [3.05, 3.63) is 58.8 Å². The number of aromatic nitrogens is 1. The molecule has 22 heavy (non-hydrogen) atoms. The Morgan fingerprint density at radius 2 is 1.86 bits per heavy atom. The molecule has 2 rings (SSSR count). The molecule has 0 saturated carbocycles. The zero-order valence-corrected chi connectivity index (χ0v) is 13.3. The van der Waals surface area contributed by atoms with Gasteiger partial charge in [-0.15, -0.1) is 0 Å². The van der Waals surface area contributed by atoms with Gasteiger partial charge in [-0.2, -0.15) is 0 Å². The molecule has 0 fully saturated rings. The lowest BCUT2D eigenvalue weighted by Gasteiger charge is -2.08. The summed E-state index contributed by atoms with van der Waals surface area (Å²) in [5, 5.41) is 2.74. The predicted molar refractivity (Wildman–Crippen MR) is 89.1 cm³/mol. The molecule has 2 aromatic rings. The number of ether oxygens (including phenoxy) is 1. The molecule has 0 spiro atoms. The first-order valence-electron chi connectivity index (χ1n) is 7.06. The zero-order chi connectivity index (χ0) is 16.1. The number of hydrogen-bond acceptors (Lipinski definition) is 3. The normalized spacial score (nSPS) is 10.7. The minimum Gasteiger partial charge on any atom is -0.497 e. The molecule has 1 aromatic heterocycles. The van der Waals surface area contributed by atoms with Gasteiger partial charge in [-0.05, 0) is 67.3 Å². The van der Waals surface area contributed by atoms with E-state index in [9.17, 15) is 4.79 Å². The van der Waals surface area contributed by atoms with Crippen LogP contribution in [0.25, 0.3) is 6.08 Å². The summed E-state index contributed by atoms with van der Waals surface area (Å²) in [6.45, 7) is 5.94. The predicted octanol–water partition coefficient (Wildman–Crippen LogP) is 3.67. The van der Waals surface area contributed by atoms with Crippen LogP contribution in [-0.2, 0) is 4.79 Å². The van der Waals surface area contributed by atoms with Crippen molar-refractivity contribution in [1.29, 1.82) is 0 Å². The molecule has 0 aliphatic rings. The van der Waals surface area contributed by atoms with Crippen molar-refractivity contribution < 1.29 is 9.53 Å². The lowest BCUT2D eigenvalue weighted by atomic mass is 10.0. The summed E-state index contributed by atoms with van der Waals surface area (Å²) in [6, 6.07) is 7.59. The van der Waals surface area contributed by atoms with Crippen LogP contribution in [0.2, 0.25) is 0 Å². The highest BCUT2D eigenvalue weighted by Gasteiger charge is 2.04. The van der Waals surface area contributed by atoms with E-state index in [-0.39, 0.29) is 5.91 Å². The van der Waals surface area contributed by atoms with Crippen molar-refractivity contribution in [3.8, 4) is 5.75 Å². The third kappa shape index (κ3) is 3.95. The summed E-state index contributed by atoms with van der Waals surface area (Å²) < 4.78 is 5.23. The maximum Gasteiger partial charge on any atom is 0.249 e. The molecule has 1 aromatic carbocycles. The van der Waals surface area contributed by atoms with E-state index in [1.807, 2.05) is 45.0 Å². The van der Waals surface area contributed by atoms with Gasteiger partial charge in [0, 0.05) is 12.3 Å². The number of pyridine rings is 1. The second kappa shape index (κ2) is 6.89. The number of nitrogens with zero attached hydrogens (tertiary/aromatic N) is 1. The van der Waals surface area contributed by atoms with Crippen molar-refractivity contribution in [2.75, 3.05) is 12.4 Å². The van der Waals surface area contributed by atoms with Crippen LogP contribution in [0.3, 0.4) is 0 Å². The van der Waals surface area contributed by atoms with Crippen LogP contribution in [-0.4, -0.2) is 18.0 Å². The second-order valence-electron chi connectivity index (χ2n) is 5.22. The van der Waals surface area contributed by atoms with Crippen LogP contribution < -0.4 is 10.1 Å². The van der Waals surface area contributed by atoms with Gasteiger partial charge in [0.2, 0.25) is 5.91 Å². The Bertz CT molecular complexity index is 681. The summed E-state index contributed by atoms with van der Waals surface area (Å²) in [5.41, 5.74) is 4.20. The smallest absolute Gasteiger partial charge is 0.249 e. The molecule has 0 saturated heterocycles. The number of aryl methyl sites for hydroxylation is 3. The van der Waals surface area contributed by atoms with Gasteiger partial charge in [0.15, 0.2) is 0 Å². The first kappa shape index (κ1) is 15.8. The van der Waals surface area contributed by atoms with Crippen molar-refractivity contribution in [3.63, 3.8) is 0 Å². The van der Waals surface area contributed by atoms with E-state index in [1.165, 1.54) is 6.08 Å². The van der Waals surface area contributed by atoms with Gasteiger partial charge in [0.05, 0.1) is 7.11 Å². The van der Waals surface area contributed by atoms with E-state index >= 15 is 0 Å². The third-order valence-electron chi connectivity index (χ3n) is 3.37. The van der Waals surface area contributed by atoms with Gasteiger partial charge in [-0.25, -0.2) is 4.98 Å².